The highest BCUT2D eigenvalue weighted by Crippen LogP contribution is 2.18. The van der Waals surface area contributed by atoms with E-state index in [0.717, 1.165) is 17.0 Å². The molecular weight excluding hydrogens is 318 g/mol. The van der Waals surface area contributed by atoms with Crippen LogP contribution in [-0.4, -0.2) is 29.3 Å². The van der Waals surface area contributed by atoms with Crippen LogP contribution < -0.4 is 4.72 Å². The highest BCUT2D eigenvalue weighted by atomic mass is 32.2. The molecule has 0 amide bonds. The summed E-state index contributed by atoms with van der Waals surface area (Å²) < 4.78 is 29.1. The second kappa shape index (κ2) is 6.51. The maximum Gasteiger partial charge on any atom is 0.337 e. The zero-order valence-electron chi connectivity index (χ0n) is 13.2. The number of nitrogens with zero attached hydrogens (tertiary/aromatic N) is 2. The van der Waals surface area contributed by atoms with Gasteiger partial charge in [-0.15, -0.1) is 0 Å². The first kappa shape index (κ1) is 17.2. The van der Waals surface area contributed by atoms with Crippen LogP contribution in [0.4, 0.5) is 0 Å². The van der Waals surface area contributed by atoms with E-state index in [4.69, 9.17) is 5.11 Å². The summed E-state index contributed by atoms with van der Waals surface area (Å²) in [7, 11) is -3.93. The van der Waals surface area contributed by atoms with Crippen molar-refractivity contribution in [1.29, 1.82) is 0 Å². The number of hydrogen-bond donors (Lipinski definition) is 2. The number of carboxylic acids is 1. The topological polar surface area (TPSA) is 101 Å². The van der Waals surface area contributed by atoms with Crippen LogP contribution in [0, 0.1) is 13.8 Å². The Hall–Kier alpha value is -2.19. The third-order valence-electron chi connectivity index (χ3n) is 3.68. The van der Waals surface area contributed by atoms with E-state index in [1.807, 2.05) is 20.8 Å². The SMILES string of the molecule is CCn1nc(C)c(CNS(=O)(=O)c2ccccc2C(=O)O)c1C. The lowest BCUT2D eigenvalue weighted by Crippen LogP contribution is -2.25. The van der Waals surface area contributed by atoms with E-state index in [1.165, 1.54) is 24.3 Å². The summed E-state index contributed by atoms with van der Waals surface area (Å²) in [5, 5.41) is 13.5. The molecule has 0 spiro atoms. The Morgan fingerprint density at radius 2 is 1.96 bits per heavy atom. The van der Waals surface area contributed by atoms with E-state index in [0.29, 0.717) is 6.54 Å². The number of sulfonamides is 1. The lowest BCUT2D eigenvalue weighted by Gasteiger charge is -2.09. The second-order valence-corrected chi connectivity index (χ2v) is 6.83. The van der Waals surface area contributed by atoms with Gasteiger partial charge >= 0.3 is 5.97 Å². The lowest BCUT2D eigenvalue weighted by atomic mass is 10.2. The summed E-state index contributed by atoms with van der Waals surface area (Å²) >= 11 is 0. The van der Waals surface area contributed by atoms with Crippen molar-refractivity contribution >= 4 is 16.0 Å². The Morgan fingerprint density at radius 3 is 2.52 bits per heavy atom. The van der Waals surface area contributed by atoms with E-state index in [-0.39, 0.29) is 17.0 Å². The maximum atomic E-state index is 12.4. The highest BCUT2D eigenvalue weighted by Gasteiger charge is 2.22. The smallest absolute Gasteiger partial charge is 0.337 e. The molecule has 0 atom stereocenters. The third-order valence-corrected chi connectivity index (χ3v) is 5.14. The Bertz CT molecular complexity index is 840. The highest BCUT2D eigenvalue weighted by molar-refractivity contribution is 7.89. The van der Waals surface area contributed by atoms with E-state index < -0.39 is 16.0 Å². The first-order valence-corrected chi connectivity index (χ1v) is 8.61. The van der Waals surface area contributed by atoms with Gasteiger partial charge < -0.3 is 5.11 Å². The molecule has 2 rings (SSSR count). The van der Waals surface area contributed by atoms with Crippen LogP contribution in [0.2, 0.25) is 0 Å². The van der Waals surface area contributed by atoms with Crippen LogP contribution in [0.3, 0.4) is 0 Å². The predicted molar refractivity (Wildman–Crippen MR) is 84.8 cm³/mol. The van der Waals surface area contributed by atoms with Gasteiger partial charge in [-0.3, -0.25) is 4.68 Å². The molecule has 0 aliphatic heterocycles. The van der Waals surface area contributed by atoms with E-state index >= 15 is 0 Å². The zero-order valence-corrected chi connectivity index (χ0v) is 14.0. The molecule has 124 valence electrons. The molecule has 0 saturated carbocycles. The van der Waals surface area contributed by atoms with E-state index in [1.54, 1.807) is 4.68 Å². The van der Waals surface area contributed by atoms with Crippen molar-refractivity contribution in [3.8, 4) is 0 Å². The normalized spacial score (nSPS) is 11.6. The molecule has 0 fully saturated rings. The summed E-state index contributed by atoms with van der Waals surface area (Å²) in [6, 6.07) is 5.53. The van der Waals surface area contributed by atoms with Crippen molar-refractivity contribution < 1.29 is 18.3 Å². The van der Waals surface area contributed by atoms with Crippen LogP contribution >= 0.6 is 0 Å². The van der Waals surface area contributed by atoms with Crippen LogP contribution in [0.1, 0.15) is 34.2 Å². The van der Waals surface area contributed by atoms with Crippen LogP contribution in [-0.2, 0) is 23.1 Å². The van der Waals surface area contributed by atoms with Crippen molar-refractivity contribution in [2.45, 2.75) is 38.8 Å². The van der Waals surface area contributed by atoms with Crippen LogP contribution in [0.5, 0.6) is 0 Å². The monoisotopic (exact) mass is 337 g/mol. The largest absolute Gasteiger partial charge is 0.478 e. The van der Waals surface area contributed by atoms with Crippen LogP contribution in [0.25, 0.3) is 0 Å². The number of hydrogen-bond acceptors (Lipinski definition) is 4. The molecule has 0 saturated heterocycles. The standard InChI is InChI=1S/C15H19N3O4S/c1-4-18-11(3)13(10(2)17-18)9-16-23(21,22)14-8-6-5-7-12(14)15(19)20/h5-8,16H,4,9H2,1-3H3,(H,19,20). The van der Waals surface area contributed by atoms with Gasteiger partial charge in [-0.2, -0.15) is 5.10 Å². The summed E-state index contributed by atoms with van der Waals surface area (Å²) in [5.41, 5.74) is 2.18. The van der Waals surface area contributed by atoms with Gasteiger partial charge in [-0.1, -0.05) is 12.1 Å². The molecule has 1 heterocycles. The molecule has 0 aliphatic rings. The van der Waals surface area contributed by atoms with Gasteiger partial charge in [0.15, 0.2) is 0 Å². The molecular formula is C15H19N3O4S. The summed E-state index contributed by atoms with van der Waals surface area (Å²) in [4.78, 5) is 10.9. The predicted octanol–water partition coefficient (Wildman–Crippen LogP) is 1.70. The van der Waals surface area contributed by atoms with Gasteiger partial charge in [0.05, 0.1) is 16.2 Å². The summed E-state index contributed by atoms with van der Waals surface area (Å²) in [6.07, 6.45) is 0. The molecule has 23 heavy (non-hydrogen) atoms. The van der Waals surface area contributed by atoms with Gasteiger partial charge in [-0.25, -0.2) is 17.9 Å². The molecule has 0 bridgehead atoms. The summed E-state index contributed by atoms with van der Waals surface area (Å²) in [6.45, 7) is 6.40. The van der Waals surface area contributed by atoms with Crippen molar-refractivity contribution in [3.63, 3.8) is 0 Å². The molecule has 8 heteroatoms. The number of carboxylic acid groups (broad SMARTS) is 1. The third kappa shape index (κ3) is 3.43. The molecule has 0 aliphatic carbocycles. The number of aromatic nitrogens is 2. The number of benzene rings is 1. The zero-order chi connectivity index (χ0) is 17.2. The minimum Gasteiger partial charge on any atom is -0.478 e. The average molecular weight is 337 g/mol. The summed E-state index contributed by atoms with van der Waals surface area (Å²) in [5.74, 6) is -1.28. The van der Waals surface area contributed by atoms with Gasteiger partial charge in [0.25, 0.3) is 0 Å². The number of rotatable bonds is 6. The Morgan fingerprint density at radius 1 is 1.30 bits per heavy atom. The van der Waals surface area contributed by atoms with E-state index in [2.05, 4.69) is 9.82 Å². The molecule has 1 aromatic carbocycles. The minimum atomic E-state index is -3.93. The molecule has 2 N–H and O–H groups in total. The van der Waals surface area contributed by atoms with Crippen molar-refractivity contribution in [1.82, 2.24) is 14.5 Å². The Kier molecular flexibility index (Phi) is 4.86. The molecule has 0 radical (unpaired) electrons. The quantitative estimate of drug-likeness (QED) is 0.835. The molecule has 0 unspecified atom stereocenters. The number of aromatic carboxylic acids is 1. The Labute approximate surface area is 135 Å². The molecule has 2 aromatic rings. The van der Waals surface area contributed by atoms with Gasteiger partial charge in [0.2, 0.25) is 10.0 Å². The fraction of sp³-hybridized carbons (Fsp3) is 0.333. The van der Waals surface area contributed by atoms with Crippen molar-refractivity contribution in [2.24, 2.45) is 0 Å². The lowest BCUT2D eigenvalue weighted by molar-refractivity contribution is 0.0692. The maximum absolute atomic E-state index is 12.4. The fourth-order valence-corrected chi connectivity index (χ4v) is 3.61. The average Bonchev–Trinajstić information content (AvgIpc) is 2.79. The number of aryl methyl sites for hydroxylation is 2. The van der Waals surface area contributed by atoms with Gasteiger partial charge in [-0.05, 0) is 32.9 Å². The first-order chi connectivity index (χ1) is 10.8. The molecule has 1 aromatic heterocycles. The van der Waals surface area contributed by atoms with Crippen LogP contribution in [0.15, 0.2) is 29.2 Å². The molecule has 7 nitrogen and oxygen atoms in total. The van der Waals surface area contributed by atoms with E-state index in [9.17, 15) is 13.2 Å². The fourth-order valence-electron chi connectivity index (χ4n) is 2.42. The van der Waals surface area contributed by atoms with Crippen molar-refractivity contribution in [3.05, 3.63) is 46.8 Å². The van der Waals surface area contributed by atoms with Gasteiger partial charge in [0, 0.05) is 24.3 Å². The number of carbonyl (C=O) groups is 1. The van der Waals surface area contributed by atoms with Gasteiger partial charge in [0.1, 0.15) is 0 Å². The Balaban J connectivity index is 2.30. The second-order valence-electron chi connectivity index (χ2n) is 5.09. The first-order valence-electron chi connectivity index (χ1n) is 7.12. The minimum absolute atomic E-state index is 0.0634. The number of nitrogens with one attached hydrogen (secondary N) is 1. The van der Waals surface area contributed by atoms with Crippen molar-refractivity contribution in [2.75, 3.05) is 0 Å².